The molecule has 2 aliphatic rings. The number of aliphatic hydroxyl groups excluding tert-OH is 1. The Kier molecular flexibility index (Phi) is 10.9. The number of amides is 2. The molecule has 0 spiro atoms. The number of ether oxygens (including phenoxy) is 5. The van der Waals surface area contributed by atoms with Gasteiger partial charge in [0.15, 0.2) is 17.8 Å². The predicted molar refractivity (Wildman–Crippen MR) is 167 cm³/mol. The van der Waals surface area contributed by atoms with Gasteiger partial charge in [-0.3, -0.25) is 9.69 Å². The first-order chi connectivity index (χ1) is 21.9. The first-order valence-corrected chi connectivity index (χ1v) is 15.2. The van der Waals surface area contributed by atoms with E-state index in [1.165, 1.54) is 11.1 Å². The maximum absolute atomic E-state index is 12.4. The van der Waals surface area contributed by atoms with Gasteiger partial charge in [0.1, 0.15) is 6.54 Å². The molecule has 11 heteroatoms. The number of carbonyl (C=O) groups is 2. The van der Waals surface area contributed by atoms with Crippen LogP contribution < -0.4 is 20.1 Å². The summed E-state index contributed by atoms with van der Waals surface area (Å²) in [5.41, 5.74) is 5.58. The fourth-order valence-electron chi connectivity index (χ4n) is 5.72. The second kappa shape index (κ2) is 15.2. The monoisotopic (exact) mass is 619 g/mol. The number of rotatable bonds is 11. The number of hydrogen-bond donors (Lipinski definition) is 3. The van der Waals surface area contributed by atoms with Gasteiger partial charge in [0, 0.05) is 37.3 Å². The van der Waals surface area contributed by atoms with E-state index in [-0.39, 0.29) is 32.0 Å². The van der Waals surface area contributed by atoms with E-state index in [0.717, 1.165) is 47.7 Å². The van der Waals surface area contributed by atoms with Crippen molar-refractivity contribution in [3.8, 4) is 11.5 Å². The van der Waals surface area contributed by atoms with Crippen LogP contribution in [-0.2, 0) is 38.6 Å². The number of hydrogen-bond acceptors (Lipinski definition) is 9. The van der Waals surface area contributed by atoms with Gasteiger partial charge in [-0.2, -0.15) is 0 Å². The first kappa shape index (κ1) is 32.2. The SMILES string of the molecule is CCOC(=O)CNC(=O)Nc1cccc([C@H]2O[C@@H](CN3CCc4cc(OC)c(OC)cc4C3)C[C@@H](c3ccc(CO)cc3)O2)c1. The van der Waals surface area contributed by atoms with E-state index < -0.39 is 18.3 Å². The summed E-state index contributed by atoms with van der Waals surface area (Å²) in [6.07, 6.45) is 0.473. The van der Waals surface area contributed by atoms with Gasteiger partial charge in [-0.1, -0.05) is 36.4 Å². The molecule has 0 radical (unpaired) electrons. The molecule has 2 heterocycles. The van der Waals surface area contributed by atoms with Crippen molar-refractivity contribution in [2.45, 2.75) is 51.4 Å². The summed E-state index contributed by atoms with van der Waals surface area (Å²) in [4.78, 5) is 26.4. The zero-order chi connectivity index (χ0) is 31.8. The van der Waals surface area contributed by atoms with Gasteiger partial charge < -0.3 is 39.4 Å². The van der Waals surface area contributed by atoms with E-state index in [1.54, 1.807) is 33.3 Å². The van der Waals surface area contributed by atoms with Crippen molar-refractivity contribution in [1.82, 2.24) is 10.2 Å². The Morgan fingerprint density at radius 2 is 1.73 bits per heavy atom. The van der Waals surface area contributed by atoms with Gasteiger partial charge in [-0.05, 0) is 59.9 Å². The first-order valence-electron chi connectivity index (χ1n) is 15.2. The minimum Gasteiger partial charge on any atom is -0.493 e. The molecule has 0 aliphatic carbocycles. The van der Waals surface area contributed by atoms with Crippen LogP contribution in [0.15, 0.2) is 60.7 Å². The zero-order valence-corrected chi connectivity index (χ0v) is 25.9. The Morgan fingerprint density at radius 3 is 2.44 bits per heavy atom. The standard InChI is InChI=1S/C34H41N3O8/c1-4-43-32(39)18-35-34(40)36-27-7-5-6-25(14-27)33-44-28(17-29(45-33)23-10-8-22(21-38)9-11-23)20-37-13-12-24-15-30(41-2)31(42-3)16-26(24)19-37/h5-11,14-16,28-29,33,38H,4,12-13,17-21H2,1-3H3,(H2,35,36,40)/t28-,29+,33+/m1/s1. The molecule has 5 rings (SSSR count). The van der Waals surface area contributed by atoms with E-state index in [0.29, 0.717) is 18.7 Å². The summed E-state index contributed by atoms with van der Waals surface area (Å²) < 4.78 is 29.0. The lowest BCUT2D eigenvalue weighted by molar-refractivity contribution is -0.253. The van der Waals surface area contributed by atoms with Crippen molar-refractivity contribution in [3.63, 3.8) is 0 Å². The van der Waals surface area contributed by atoms with Crippen LogP contribution >= 0.6 is 0 Å². The van der Waals surface area contributed by atoms with Gasteiger partial charge >= 0.3 is 12.0 Å². The highest BCUT2D eigenvalue weighted by Gasteiger charge is 2.34. The van der Waals surface area contributed by atoms with Crippen LogP contribution in [0.3, 0.4) is 0 Å². The lowest BCUT2D eigenvalue weighted by Gasteiger charge is -2.39. The summed E-state index contributed by atoms with van der Waals surface area (Å²) in [6, 6.07) is 18.7. The van der Waals surface area contributed by atoms with Crippen molar-refractivity contribution >= 4 is 17.7 Å². The Balaban J connectivity index is 1.31. The van der Waals surface area contributed by atoms with Gasteiger partial charge in [-0.25, -0.2) is 4.79 Å². The molecule has 2 aliphatic heterocycles. The minimum atomic E-state index is -0.683. The number of esters is 1. The van der Waals surface area contributed by atoms with Crippen LogP contribution in [0.4, 0.5) is 10.5 Å². The maximum Gasteiger partial charge on any atom is 0.325 e. The third-order valence-electron chi connectivity index (χ3n) is 7.99. The third kappa shape index (κ3) is 8.31. The summed E-state index contributed by atoms with van der Waals surface area (Å²) in [7, 11) is 3.30. The molecule has 2 amide bonds. The summed E-state index contributed by atoms with van der Waals surface area (Å²) in [5, 5.41) is 14.8. The number of aliphatic hydroxyl groups is 1. The molecule has 3 aromatic carbocycles. The molecule has 3 N–H and O–H groups in total. The molecule has 1 saturated heterocycles. The molecule has 45 heavy (non-hydrogen) atoms. The molecule has 0 aromatic heterocycles. The lowest BCUT2D eigenvalue weighted by Crippen LogP contribution is -2.41. The molecule has 3 atom stereocenters. The predicted octanol–water partition coefficient (Wildman–Crippen LogP) is 4.48. The van der Waals surface area contributed by atoms with E-state index in [4.69, 9.17) is 23.7 Å². The molecule has 240 valence electrons. The van der Waals surface area contributed by atoms with Crippen molar-refractivity contribution in [2.24, 2.45) is 0 Å². The smallest absolute Gasteiger partial charge is 0.325 e. The van der Waals surface area contributed by atoms with Crippen molar-refractivity contribution in [3.05, 3.63) is 88.5 Å². The maximum atomic E-state index is 12.4. The van der Waals surface area contributed by atoms with E-state index in [1.807, 2.05) is 36.4 Å². The van der Waals surface area contributed by atoms with Crippen molar-refractivity contribution in [1.29, 1.82) is 0 Å². The third-order valence-corrected chi connectivity index (χ3v) is 7.99. The van der Waals surface area contributed by atoms with Crippen LogP contribution in [0.2, 0.25) is 0 Å². The fourth-order valence-corrected chi connectivity index (χ4v) is 5.72. The van der Waals surface area contributed by atoms with Crippen molar-refractivity contribution < 1.29 is 38.4 Å². The van der Waals surface area contributed by atoms with Gasteiger partial charge in [0.05, 0.1) is 39.6 Å². The Morgan fingerprint density at radius 1 is 0.978 bits per heavy atom. The number of nitrogens with one attached hydrogen (secondary N) is 2. The number of benzene rings is 3. The van der Waals surface area contributed by atoms with E-state index in [9.17, 15) is 14.7 Å². The summed E-state index contributed by atoms with van der Waals surface area (Å²) in [6.45, 7) is 4.04. The van der Waals surface area contributed by atoms with Crippen LogP contribution in [0.25, 0.3) is 0 Å². The summed E-state index contributed by atoms with van der Waals surface area (Å²) >= 11 is 0. The number of methoxy groups -OCH3 is 2. The van der Waals surface area contributed by atoms with Gasteiger partial charge in [-0.15, -0.1) is 0 Å². The van der Waals surface area contributed by atoms with Gasteiger partial charge in [0.25, 0.3) is 0 Å². The number of nitrogens with zero attached hydrogens (tertiary/aromatic N) is 1. The van der Waals surface area contributed by atoms with E-state index >= 15 is 0 Å². The Hall–Kier alpha value is -4.16. The van der Waals surface area contributed by atoms with E-state index in [2.05, 4.69) is 27.7 Å². The molecule has 3 aromatic rings. The van der Waals surface area contributed by atoms with Crippen molar-refractivity contribution in [2.75, 3.05) is 45.8 Å². The van der Waals surface area contributed by atoms with Crippen LogP contribution in [0, 0.1) is 0 Å². The number of anilines is 1. The number of fused-ring (bicyclic) bond motifs is 1. The molecule has 0 bridgehead atoms. The zero-order valence-electron chi connectivity index (χ0n) is 25.9. The average Bonchev–Trinajstić information content (AvgIpc) is 3.06. The number of urea groups is 1. The fraction of sp³-hybridized carbons (Fsp3) is 0.412. The second-order valence-corrected chi connectivity index (χ2v) is 11.0. The summed E-state index contributed by atoms with van der Waals surface area (Å²) in [5.74, 6) is 0.948. The average molecular weight is 620 g/mol. The molecular weight excluding hydrogens is 578 g/mol. The number of carbonyl (C=O) groups excluding carboxylic acids is 2. The van der Waals surface area contributed by atoms with Crippen LogP contribution in [-0.4, -0.2) is 68.6 Å². The molecular formula is C34H41N3O8. The molecule has 0 saturated carbocycles. The molecule has 11 nitrogen and oxygen atoms in total. The largest absolute Gasteiger partial charge is 0.493 e. The Bertz CT molecular complexity index is 1460. The van der Waals surface area contributed by atoms with Crippen LogP contribution in [0.5, 0.6) is 11.5 Å². The molecule has 0 unspecified atom stereocenters. The van der Waals surface area contributed by atoms with Gasteiger partial charge in [0.2, 0.25) is 0 Å². The minimum absolute atomic E-state index is 0.0274. The lowest BCUT2D eigenvalue weighted by atomic mass is 9.97. The topological polar surface area (TPSA) is 128 Å². The van der Waals surface area contributed by atoms with Crippen LogP contribution in [0.1, 0.15) is 53.6 Å². The highest BCUT2D eigenvalue weighted by molar-refractivity contribution is 5.91. The normalized spacial score (nSPS) is 19.7. The second-order valence-electron chi connectivity index (χ2n) is 11.0. The highest BCUT2D eigenvalue weighted by atomic mass is 16.7. The Labute approximate surface area is 263 Å². The quantitative estimate of drug-likeness (QED) is 0.266. The molecule has 1 fully saturated rings. The highest BCUT2D eigenvalue weighted by Crippen LogP contribution is 2.39.